The molecule has 3 nitrogen and oxygen atoms in total. The van der Waals surface area contributed by atoms with E-state index in [0.29, 0.717) is 15.8 Å². The summed E-state index contributed by atoms with van der Waals surface area (Å²) in [7, 11) is 1.96. The number of hydrogen-bond acceptors (Lipinski definition) is 3. The first-order valence-corrected chi connectivity index (χ1v) is 6.38. The van der Waals surface area contributed by atoms with Gasteiger partial charge in [-0.3, -0.25) is 0 Å². The van der Waals surface area contributed by atoms with Crippen molar-refractivity contribution in [2.45, 2.75) is 5.16 Å². The van der Waals surface area contributed by atoms with Crippen molar-refractivity contribution in [3.63, 3.8) is 0 Å². The van der Waals surface area contributed by atoms with Gasteiger partial charge in [-0.25, -0.2) is 4.98 Å². The molecule has 0 fully saturated rings. The Hall–Kier alpha value is -0.780. The number of thioether (sulfide) groups is 1. The summed E-state index contributed by atoms with van der Waals surface area (Å²) in [6, 6.07) is 5.66. The maximum atomic E-state index is 5.91. The fourth-order valence-electron chi connectivity index (χ4n) is 1.42. The summed E-state index contributed by atoms with van der Waals surface area (Å²) in [6.45, 7) is 0. The number of aromatic nitrogens is 2. The van der Waals surface area contributed by atoms with Crippen LogP contribution >= 0.6 is 35.6 Å². The standard InChI is InChI=1S/C10H10ClN3S2/c1-14-8-3-2-6(11)4-7(8)13-10(14)16-5-9(12)15/h2-4H,5H2,1H3,(H2,12,15). The number of rotatable bonds is 3. The minimum absolute atomic E-state index is 0.482. The number of hydrogen-bond donors (Lipinski definition) is 1. The molecule has 0 spiro atoms. The summed E-state index contributed by atoms with van der Waals surface area (Å²) < 4.78 is 2.01. The van der Waals surface area contributed by atoms with Gasteiger partial charge in [0.2, 0.25) is 0 Å². The molecule has 2 N–H and O–H groups in total. The number of thiocarbonyl (C=S) groups is 1. The van der Waals surface area contributed by atoms with Crippen LogP contribution in [0.2, 0.25) is 5.02 Å². The molecule has 0 saturated heterocycles. The fourth-order valence-corrected chi connectivity index (χ4v) is 2.49. The SMILES string of the molecule is Cn1c(SCC(N)=S)nc2cc(Cl)ccc21. The van der Waals surface area contributed by atoms with Gasteiger partial charge >= 0.3 is 0 Å². The number of nitrogens with two attached hydrogens (primary N) is 1. The summed E-state index contributed by atoms with van der Waals surface area (Å²) in [5, 5.41) is 1.58. The van der Waals surface area contributed by atoms with Crippen molar-refractivity contribution < 1.29 is 0 Å². The Labute approximate surface area is 108 Å². The first-order valence-electron chi connectivity index (χ1n) is 4.61. The van der Waals surface area contributed by atoms with Crippen molar-refractivity contribution >= 4 is 51.6 Å². The van der Waals surface area contributed by atoms with Crippen LogP contribution in [-0.2, 0) is 7.05 Å². The number of benzene rings is 1. The van der Waals surface area contributed by atoms with Gasteiger partial charge in [-0.1, -0.05) is 35.6 Å². The van der Waals surface area contributed by atoms with Gasteiger partial charge < -0.3 is 10.3 Å². The maximum absolute atomic E-state index is 5.91. The Kier molecular flexibility index (Phi) is 3.37. The normalized spacial score (nSPS) is 10.9. The van der Waals surface area contributed by atoms with Crippen LogP contribution in [0.3, 0.4) is 0 Å². The Morgan fingerprint density at radius 2 is 2.38 bits per heavy atom. The van der Waals surface area contributed by atoms with E-state index >= 15 is 0 Å². The number of halogens is 1. The highest BCUT2D eigenvalue weighted by Gasteiger charge is 2.08. The Morgan fingerprint density at radius 3 is 3.06 bits per heavy atom. The second-order valence-corrected chi connectivity index (χ2v) is 5.24. The lowest BCUT2D eigenvalue weighted by atomic mass is 10.3. The van der Waals surface area contributed by atoms with Crippen LogP contribution in [-0.4, -0.2) is 20.3 Å². The van der Waals surface area contributed by atoms with E-state index in [9.17, 15) is 0 Å². The van der Waals surface area contributed by atoms with E-state index in [4.69, 9.17) is 29.6 Å². The molecule has 84 valence electrons. The van der Waals surface area contributed by atoms with Gasteiger partial charge in [0.1, 0.15) is 0 Å². The molecule has 0 aliphatic carbocycles. The van der Waals surface area contributed by atoms with Crippen molar-refractivity contribution in [2.75, 3.05) is 5.75 Å². The van der Waals surface area contributed by atoms with Crippen LogP contribution < -0.4 is 5.73 Å². The molecule has 1 aromatic heterocycles. The molecular weight excluding hydrogens is 262 g/mol. The lowest BCUT2D eigenvalue weighted by molar-refractivity contribution is 0.816. The van der Waals surface area contributed by atoms with E-state index in [2.05, 4.69) is 4.98 Å². The smallest absolute Gasteiger partial charge is 0.169 e. The molecule has 2 rings (SSSR count). The van der Waals surface area contributed by atoms with Crippen molar-refractivity contribution in [1.82, 2.24) is 9.55 Å². The zero-order valence-electron chi connectivity index (χ0n) is 8.61. The molecule has 0 aliphatic rings. The van der Waals surface area contributed by atoms with Crippen molar-refractivity contribution in [3.8, 4) is 0 Å². The minimum Gasteiger partial charge on any atom is -0.393 e. The second-order valence-electron chi connectivity index (χ2n) is 3.34. The first-order chi connectivity index (χ1) is 7.58. The molecule has 0 saturated carbocycles. The van der Waals surface area contributed by atoms with Gasteiger partial charge in [-0.05, 0) is 18.2 Å². The fraction of sp³-hybridized carbons (Fsp3) is 0.200. The summed E-state index contributed by atoms with van der Waals surface area (Å²) in [6.07, 6.45) is 0. The molecule has 6 heteroatoms. The quantitative estimate of drug-likeness (QED) is 0.688. The average molecular weight is 272 g/mol. The summed E-state index contributed by atoms with van der Waals surface area (Å²) in [4.78, 5) is 4.95. The lowest BCUT2D eigenvalue weighted by Crippen LogP contribution is -2.10. The van der Waals surface area contributed by atoms with Crippen LogP contribution in [0.5, 0.6) is 0 Å². The molecule has 0 amide bonds. The predicted octanol–water partition coefficient (Wildman–Crippen LogP) is 2.60. The van der Waals surface area contributed by atoms with Gasteiger partial charge in [-0.2, -0.15) is 0 Å². The van der Waals surface area contributed by atoms with Gasteiger partial charge in [0.25, 0.3) is 0 Å². The third-order valence-corrected chi connectivity index (χ3v) is 3.79. The molecule has 0 unspecified atom stereocenters. The highest BCUT2D eigenvalue weighted by atomic mass is 35.5. The number of fused-ring (bicyclic) bond motifs is 1. The van der Waals surface area contributed by atoms with Crippen LogP contribution in [0.4, 0.5) is 0 Å². The molecule has 16 heavy (non-hydrogen) atoms. The van der Waals surface area contributed by atoms with Crippen molar-refractivity contribution in [2.24, 2.45) is 12.8 Å². The molecule has 1 aromatic carbocycles. The summed E-state index contributed by atoms with van der Waals surface area (Å²) in [5.74, 6) is 0.597. The average Bonchev–Trinajstić information content (AvgIpc) is 2.52. The van der Waals surface area contributed by atoms with Gasteiger partial charge in [0.05, 0.1) is 21.8 Å². The Balaban J connectivity index is 2.39. The molecule has 0 radical (unpaired) electrons. The highest BCUT2D eigenvalue weighted by molar-refractivity contribution is 8.00. The van der Waals surface area contributed by atoms with E-state index < -0.39 is 0 Å². The summed E-state index contributed by atoms with van der Waals surface area (Å²) >= 11 is 12.3. The van der Waals surface area contributed by atoms with E-state index in [0.717, 1.165) is 16.2 Å². The molecule has 0 aliphatic heterocycles. The van der Waals surface area contributed by atoms with Gasteiger partial charge in [0, 0.05) is 12.1 Å². The van der Waals surface area contributed by atoms with E-state index in [-0.39, 0.29) is 0 Å². The zero-order chi connectivity index (χ0) is 11.7. The Bertz CT molecular complexity index is 550. The van der Waals surface area contributed by atoms with E-state index in [1.165, 1.54) is 11.8 Å². The van der Waals surface area contributed by atoms with Crippen molar-refractivity contribution in [1.29, 1.82) is 0 Å². The maximum Gasteiger partial charge on any atom is 0.169 e. The lowest BCUT2D eigenvalue weighted by Gasteiger charge is -2.00. The monoisotopic (exact) mass is 271 g/mol. The topological polar surface area (TPSA) is 43.8 Å². The van der Waals surface area contributed by atoms with Gasteiger partial charge in [-0.15, -0.1) is 0 Å². The third kappa shape index (κ3) is 2.31. The molecule has 1 heterocycles. The first kappa shape index (κ1) is 11.7. The number of nitrogens with zero attached hydrogens (tertiary/aromatic N) is 2. The number of imidazole rings is 1. The predicted molar refractivity (Wildman–Crippen MR) is 73.2 cm³/mol. The van der Waals surface area contributed by atoms with Crippen LogP contribution in [0.15, 0.2) is 23.4 Å². The zero-order valence-corrected chi connectivity index (χ0v) is 11.0. The largest absolute Gasteiger partial charge is 0.393 e. The third-order valence-electron chi connectivity index (χ3n) is 2.15. The van der Waals surface area contributed by atoms with Crippen LogP contribution in [0, 0.1) is 0 Å². The van der Waals surface area contributed by atoms with Crippen LogP contribution in [0.1, 0.15) is 0 Å². The minimum atomic E-state index is 0.482. The van der Waals surface area contributed by atoms with E-state index in [1.807, 2.05) is 29.8 Å². The highest BCUT2D eigenvalue weighted by Crippen LogP contribution is 2.24. The second kappa shape index (κ2) is 4.61. The molecule has 0 atom stereocenters. The molecule has 2 aromatic rings. The molecular formula is C10H10ClN3S2. The summed E-state index contributed by atoms with van der Waals surface area (Å²) in [5.41, 5.74) is 7.40. The van der Waals surface area contributed by atoms with Crippen LogP contribution in [0.25, 0.3) is 11.0 Å². The molecule has 0 bridgehead atoms. The van der Waals surface area contributed by atoms with Crippen molar-refractivity contribution in [3.05, 3.63) is 23.2 Å². The van der Waals surface area contributed by atoms with E-state index in [1.54, 1.807) is 0 Å². The Morgan fingerprint density at radius 1 is 1.62 bits per heavy atom. The number of aryl methyl sites for hydroxylation is 1. The van der Waals surface area contributed by atoms with Gasteiger partial charge in [0.15, 0.2) is 5.16 Å².